The van der Waals surface area contributed by atoms with Crippen molar-refractivity contribution in [3.63, 3.8) is 0 Å². The molecule has 0 radical (unpaired) electrons. The van der Waals surface area contributed by atoms with Gasteiger partial charge in [-0.2, -0.15) is 4.99 Å². The molecular weight excluding hydrogens is 601 g/mol. The molecular formula is C33H33F3N6O2S. The Bertz CT molecular complexity index is 1720. The van der Waals surface area contributed by atoms with E-state index in [1.54, 1.807) is 11.8 Å². The summed E-state index contributed by atoms with van der Waals surface area (Å²) in [4.78, 5) is 24.4. The smallest absolute Gasteiger partial charge is 0.406 e. The SMILES string of the molecule is CC(C)c1ccccc1N1/C(=N/C(=O)NC2Cc3ccc(-c4ncn(-c5ccc(OC(F)(F)F)cc5)n4)cc3C2)SCCC1C. The number of carbonyl (C=O) groups is 1. The fourth-order valence-corrected chi connectivity index (χ4v) is 7.01. The molecule has 1 N–H and O–H groups in total. The highest BCUT2D eigenvalue weighted by Crippen LogP contribution is 2.35. The predicted molar refractivity (Wildman–Crippen MR) is 170 cm³/mol. The monoisotopic (exact) mass is 634 g/mol. The lowest BCUT2D eigenvalue weighted by molar-refractivity contribution is -0.274. The third-order valence-electron chi connectivity index (χ3n) is 7.98. The van der Waals surface area contributed by atoms with Gasteiger partial charge in [-0.1, -0.05) is 55.9 Å². The molecule has 6 rings (SSSR count). The van der Waals surface area contributed by atoms with Crippen molar-refractivity contribution in [2.75, 3.05) is 10.7 Å². The van der Waals surface area contributed by atoms with Crippen LogP contribution in [0.2, 0.25) is 0 Å². The molecule has 8 nitrogen and oxygen atoms in total. The summed E-state index contributed by atoms with van der Waals surface area (Å²) in [6, 6.07) is 19.5. The number of halogens is 3. The predicted octanol–water partition coefficient (Wildman–Crippen LogP) is 7.52. The fourth-order valence-electron chi connectivity index (χ4n) is 5.80. The minimum absolute atomic E-state index is 0.0857. The largest absolute Gasteiger partial charge is 0.573 e. The van der Waals surface area contributed by atoms with E-state index in [9.17, 15) is 18.0 Å². The second-order valence-corrected chi connectivity index (χ2v) is 12.6. The van der Waals surface area contributed by atoms with Gasteiger partial charge in [0.05, 0.1) is 5.69 Å². The van der Waals surface area contributed by atoms with E-state index in [4.69, 9.17) is 0 Å². The zero-order chi connectivity index (χ0) is 31.7. The van der Waals surface area contributed by atoms with E-state index >= 15 is 0 Å². The standard InChI is InChI=1S/C33H33F3N6O2S/c1-20(2)28-6-4-5-7-29(28)42-21(3)14-15-45-32(42)39-31(43)38-25-17-22-8-9-23(16-24(22)18-25)30-37-19-41(40-30)26-10-12-27(13-11-26)44-33(34,35)36/h4-13,16,19-21,25H,14-15,17-18H2,1-3H3,(H,38,43)/b39-32-. The second-order valence-electron chi connectivity index (χ2n) is 11.6. The highest BCUT2D eigenvalue weighted by Gasteiger charge is 2.31. The molecule has 1 aliphatic heterocycles. The van der Waals surface area contributed by atoms with Crippen LogP contribution in [0.15, 0.2) is 78.0 Å². The van der Waals surface area contributed by atoms with E-state index in [0.29, 0.717) is 30.3 Å². The molecule has 45 heavy (non-hydrogen) atoms. The second kappa shape index (κ2) is 12.6. The van der Waals surface area contributed by atoms with Crippen molar-refractivity contribution in [3.8, 4) is 22.8 Å². The minimum Gasteiger partial charge on any atom is -0.406 e. The Morgan fingerprint density at radius 3 is 2.58 bits per heavy atom. The third kappa shape index (κ3) is 7.00. The molecule has 2 aliphatic rings. The topological polar surface area (TPSA) is 84.6 Å². The number of benzene rings is 3. The number of rotatable bonds is 6. The van der Waals surface area contributed by atoms with Crippen LogP contribution in [0.3, 0.4) is 0 Å². The summed E-state index contributed by atoms with van der Waals surface area (Å²) in [6.07, 6.45) is -0.875. The summed E-state index contributed by atoms with van der Waals surface area (Å²) in [6.45, 7) is 6.53. The van der Waals surface area contributed by atoms with Gasteiger partial charge in [-0.15, -0.1) is 18.3 Å². The number of nitrogens with one attached hydrogen (secondary N) is 1. The molecule has 4 aromatic rings. The van der Waals surface area contributed by atoms with Crippen molar-refractivity contribution >= 4 is 28.6 Å². The minimum atomic E-state index is -4.75. The van der Waals surface area contributed by atoms with E-state index in [2.05, 4.69) is 62.9 Å². The summed E-state index contributed by atoms with van der Waals surface area (Å²) in [5.41, 5.74) is 5.93. The van der Waals surface area contributed by atoms with Crippen molar-refractivity contribution in [1.82, 2.24) is 20.1 Å². The van der Waals surface area contributed by atoms with E-state index in [1.807, 2.05) is 30.3 Å². The maximum Gasteiger partial charge on any atom is 0.573 e. The van der Waals surface area contributed by atoms with Gasteiger partial charge in [0.25, 0.3) is 0 Å². The Labute approximate surface area is 263 Å². The highest BCUT2D eigenvalue weighted by molar-refractivity contribution is 8.14. The summed E-state index contributed by atoms with van der Waals surface area (Å²) >= 11 is 1.61. The molecule has 2 amide bonds. The maximum atomic E-state index is 13.2. The molecule has 2 heterocycles. The molecule has 0 bridgehead atoms. The number of nitrogens with zero attached hydrogens (tertiary/aromatic N) is 5. The van der Waals surface area contributed by atoms with Gasteiger partial charge in [-0.25, -0.2) is 14.5 Å². The summed E-state index contributed by atoms with van der Waals surface area (Å²) in [5.74, 6) is 1.43. The number of hydrogen-bond donors (Lipinski definition) is 1. The van der Waals surface area contributed by atoms with Gasteiger partial charge in [0, 0.05) is 29.1 Å². The molecule has 1 aliphatic carbocycles. The van der Waals surface area contributed by atoms with E-state index < -0.39 is 6.36 Å². The first-order valence-corrected chi connectivity index (χ1v) is 15.8. The number of para-hydroxylation sites is 1. The number of carbonyl (C=O) groups excluding carboxylic acids is 1. The molecule has 3 aromatic carbocycles. The van der Waals surface area contributed by atoms with Gasteiger partial charge in [0.15, 0.2) is 11.0 Å². The van der Waals surface area contributed by atoms with E-state index in [-0.39, 0.29) is 23.9 Å². The van der Waals surface area contributed by atoms with E-state index in [1.165, 1.54) is 40.8 Å². The average Bonchev–Trinajstić information content (AvgIpc) is 3.64. The first kappa shape index (κ1) is 30.7. The summed E-state index contributed by atoms with van der Waals surface area (Å²) < 4.78 is 42.9. The number of alkyl halides is 3. The Hall–Kier alpha value is -4.32. The number of amidine groups is 1. The van der Waals surface area contributed by atoms with Gasteiger partial charge in [-0.05, 0) is 85.2 Å². The quantitative estimate of drug-likeness (QED) is 0.236. The lowest BCUT2D eigenvalue weighted by atomic mass is 9.99. The van der Waals surface area contributed by atoms with Crippen molar-refractivity contribution in [2.24, 2.45) is 4.99 Å². The van der Waals surface area contributed by atoms with E-state index in [0.717, 1.165) is 39.7 Å². The maximum absolute atomic E-state index is 13.2. The molecule has 0 spiro atoms. The number of aliphatic imine (C=N–C) groups is 1. The number of ether oxygens (including phenoxy) is 1. The van der Waals surface area contributed by atoms with Crippen molar-refractivity contribution < 1.29 is 22.7 Å². The van der Waals surface area contributed by atoms with Crippen LogP contribution in [0.4, 0.5) is 23.7 Å². The molecule has 1 aromatic heterocycles. The molecule has 2 atom stereocenters. The molecule has 2 unspecified atom stereocenters. The van der Waals surface area contributed by atoms with Crippen LogP contribution >= 0.6 is 11.8 Å². The first-order chi connectivity index (χ1) is 21.5. The Morgan fingerprint density at radius 1 is 1.07 bits per heavy atom. The van der Waals surface area contributed by atoms with Crippen LogP contribution in [-0.2, 0) is 12.8 Å². The lowest BCUT2D eigenvalue weighted by Crippen LogP contribution is -2.43. The number of hydrogen-bond acceptors (Lipinski definition) is 5. The summed E-state index contributed by atoms with van der Waals surface area (Å²) in [7, 11) is 0. The van der Waals surface area contributed by atoms with Gasteiger partial charge in [-0.3, -0.25) is 0 Å². The van der Waals surface area contributed by atoms with Crippen LogP contribution in [0.1, 0.15) is 49.8 Å². The highest BCUT2D eigenvalue weighted by atomic mass is 32.2. The van der Waals surface area contributed by atoms with Crippen LogP contribution in [-0.4, -0.2) is 50.2 Å². The number of anilines is 1. The zero-order valence-corrected chi connectivity index (χ0v) is 25.9. The molecule has 0 saturated carbocycles. The first-order valence-electron chi connectivity index (χ1n) is 14.8. The molecule has 12 heteroatoms. The van der Waals surface area contributed by atoms with Crippen LogP contribution in [0.25, 0.3) is 17.1 Å². The fraction of sp³-hybridized carbons (Fsp3) is 0.333. The van der Waals surface area contributed by atoms with Gasteiger partial charge < -0.3 is 15.0 Å². The van der Waals surface area contributed by atoms with Crippen LogP contribution < -0.4 is 15.0 Å². The molecule has 1 saturated heterocycles. The van der Waals surface area contributed by atoms with Gasteiger partial charge in [0.1, 0.15) is 12.1 Å². The Balaban J connectivity index is 1.13. The number of urea groups is 1. The Kier molecular flexibility index (Phi) is 8.59. The number of amides is 2. The molecule has 1 fully saturated rings. The van der Waals surface area contributed by atoms with Crippen molar-refractivity contribution in [2.45, 2.75) is 64.4 Å². The molecule has 234 valence electrons. The normalized spacial score (nSPS) is 19.2. The third-order valence-corrected chi connectivity index (χ3v) is 8.97. The van der Waals surface area contributed by atoms with Crippen molar-refractivity contribution in [1.29, 1.82) is 0 Å². The average molecular weight is 635 g/mol. The van der Waals surface area contributed by atoms with Gasteiger partial charge >= 0.3 is 12.4 Å². The van der Waals surface area contributed by atoms with Crippen LogP contribution in [0, 0.1) is 0 Å². The summed E-state index contributed by atoms with van der Waals surface area (Å²) in [5, 5.41) is 8.36. The van der Waals surface area contributed by atoms with Crippen LogP contribution in [0.5, 0.6) is 5.75 Å². The van der Waals surface area contributed by atoms with Gasteiger partial charge in [0.2, 0.25) is 0 Å². The van der Waals surface area contributed by atoms with Crippen molar-refractivity contribution in [3.05, 3.63) is 89.7 Å². The zero-order valence-electron chi connectivity index (χ0n) is 25.1. The lowest BCUT2D eigenvalue weighted by Gasteiger charge is -2.37. The Morgan fingerprint density at radius 2 is 1.82 bits per heavy atom. The number of fused-ring (bicyclic) bond motifs is 1. The number of aromatic nitrogens is 3. The number of thioether (sulfide) groups is 1.